The first-order valence-corrected chi connectivity index (χ1v) is 7.79. The Morgan fingerprint density at radius 3 is 2.00 bits per heavy atom. The second-order valence-corrected chi connectivity index (χ2v) is 5.85. The molecule has 4 nitrogen and oxygen atoms in total. The second kappa shape index (κ2) is 7.72. The van der Waals surface area contributed by atoms with E-state index >= 15 is 0 Å². The lowest BCUT2D eigenvalue weighted by atomic mass is 10.1. The fourth-order valence-electron chi connectivity index (χ4n) is 2.61. The van der Waals surface area contributed by atoms with Crippen molar-refractivity contribution in [3.8, 4) is 0 Å². The van der Waals surface area contributed by atoms with E-state index < -0.39 is 0 Å². The monoisotopic (exact) mass is 276 g/mol. The van der Waals surface area contributed by atoms with E-state index in [-0.39, 0.29) is 0 Å². The minimum absolute atomic E-state index is 0.315. The van der Waals surface area contributed by atoms with Gasteiger partial charge in [0.05, 0.1) is 11.4 Å². The number of nitrogens with zero attached hydrogens (tertiary/aromatic N) is 2. The van der Waals surface area contributed by atoms with Gasteiger partial charge in [-0.3, -0.25) is 4.98 Å². The van der Waals surface area contributed by atoms with Gasteiger partial charge in [-0.25, -0.2) is 0 Å². The van der Waals surface area contributed by atoms with Gasteiger partial charge in [0.2, 0.25) is 0 Å². The van der Waals surface area contributed by atoms with Gasteiger partial charge in [0.25, 0.3) is 0 Å². The summed E-state index contributed by atoms with van der Waals surface area (Å²) in [6, 6.07) is 6.98. The number of rotatable bonds is 0. The van der Waals surface area contributed by atoms with Crippen LogP contribution in [-0.4, -0.2) is 43.1 Å². The van der Waals surface area contributed by atoms with E-state index in [0.29, 0.717) is 12.1 Å². The first-order chi connectivity index (χ1) is 9.66. The number of pyridine rings is 1. The van der Waals surface area contributed by atoms with Gasteiger partial charge in [0.1, 0.15) is 0 Å². The van der Waals surface area contributed by atoms with Crippen LogP contribution in [0, 0.1) is 0 Å². The van der Waals surface area contributed by atoms with Crippen LogP contribution in [0.15, 0.2) is 18.2 Å². The first kappa shape index (κ1) is 15.4. The van der Waals surface area contributed by atoms with Gasteiger partial charge in [-0.1, -0.05) is 6.07 Å². The molecule has 1 aromatic rings. The van der Waals surface area contributed by atoms with E-state index in [4.69, 9.17) is 4.98 Å². The van der Waals surface area contributed by atoms with Crippen molar-refractivity contribution in [2.75, 3.05) is 33.2 Å². The van der Waals surface area contributed by atoms with E-state index in [2.05, 4.69) is 54.6 Å². The molecule has 0 amide bonds. The molecule has 4 heteroatoms. The molecule has 0 fully saturated rings. The zero-order valence-electron chi connectivity index (χ0n) is 13.0. The molecule has 0 saturated carbocycles. The summed E-state index contributed by atoms with van der Waals surface area (Å²) in [5.41, 5.74) is 2.28. The zero-order chi connectivity index (χ0) is 14.4. The third-order valence-corrected chi connectivity index (χ3v) is 4.01. The summed E-state index contributed by atoms with van der Waals surface area (Å²) in [4.78, 5) is 7.22. The summed E-state index contributed by atoms with van der Waals surface area (Å²) in [6.45, 7) is 8.79. The Labute approximate surface area is 123 Å². The lowest BCUT2D eigenvalue weighted by molar-refractivity contribution is 0.314. The van der Waals surface area contributed by atoms with Crippen LogP contribution in [0.2, 0.25) is 0 Å². The fraction of sp³-hybridized carbons (Fsp3) is 0.688. The summed E-state index contributed by atoms with van der Waals surface area (Å²) in [5, 5.41) is 7.14. The summed E-state index contributed by atoms with van der Waals surface area (Å²) >= 11 is 0. The highest BCUT2D eigenvalue weighted by Crippen LogP contribution is 2.15. The Hall–Kier alpha value is -0.970. The van der Waals surface area contributed by atoms with Crippen LogP contribution < -0.4 is 10.6 Å². The molecule has 0 aliphatic carbocycles. The van der Waals surface area contributed by atoms with Crippen molar-refractivity contribution in [2.24, 2.45) is 0 Å². The maximum absolute atomic E-state index is 4.80. The predicted molar refractivity (Wildman–Crippen MR) is 83.8 cm³/mol. The number of nitrogens with one attached hydrogen (secondary N) is 2. The molecule has 0 aromatic carbocycles. The van der Waals surface area contributed by atoms with Gasteiger partial charge >= 0.3 is 0 Å². The van der Waals surface area contributed by atoms with E-state index in [1.54, 1.807) is 0 Å². The van der Waals surface area contributed by atoms with Crippen LogP contribution in [0.1, 0.15) is 50.2 Å². The van der Waals surface area contributed by atoms with Crippen molar-refractivity contribution in [1.82, 2.24) is 20.5 Å². The minimum Gasteiger partial charge on any atom is -0.309 e. The second-order valence-electron chi connectivity index (χ2n) is 5.85. The van der Waals surface area contributed by atoms with Crippen LogP contribution in [-0.2, 0) is 0 Å². The van der Waals surface area contributed by atoms with Gasteiger partial charge in [-0.15, -0.1) is 0 Å². The van der Waals surface area contributed by atoms with Gasteiger partial charge < -0.3 is 15.5 Å². The third kappa shape index (κ3) is 4.54. The van der Waals surface area contributed by atoms with E-state index in [9.17, 15) is 0 Å². The topological polar surface area (TPSA) is 40.2 Å². The van der Waals surface area contributed by atoms with Gasteiger partial charge in [-0.05, 0) is 72.0 Å². The van der Waals surface area contributed by atoms with Gasteiger partial charge in [-0.2, -0.15) is 0 Å². The van der Waals surface area contributed by atoms with Crippen molar-refractivity contribution in [2.45, 2.75) is 38.8 Å². The molecule has 20 heavy (non-hydrogen) atoms. The SMILES string of the molecule is C[C@@H]1NCCCN(C)CCCN[C@H](C)c2cccc1n2. The highest BCUT2D eigenvalue weighted by atomic mass is 15.1. The van der Waals surface area contributed by atoms with Crippen molar-refractivity contribution < 1.29 is 0 Å². The zero-order valence-corrected chi connectivity index (χ0v) is 13.0. The van der Waals surface area contributed by atoms with Crippen LogP contribution in [0.25, 0.3) is 0 Å². The number of aromatic nitrogens is 1. The molecule has 2 bridgehead atoms. The summed E-state index contributed by atoms with van der Waals surface area (Å²) in [6.07, 6.45) is 2.37. The molecule has 2 rings (SSSR count). The molecule has 2 atom stereocenters. The molecule has 2 heterocycles. The first-order valence-electron chi connectivity index (χ1n) is 7.79. The molecule has 2 N–H and O–H groups in total. The summed E-state index contributed by atoms with van der Waals surface area (Å²) in [5.74, 6) is 0. The quantitative estimate of drug-likeness (QED) is 0.761. The molecular weight excluding hydrogens is 248 g/mol. The molecule has 1 aromatic heterocycles. The lowest BCUT2D eigenvalue weighted by Crippen LogP contribution is -2.30. The molecule has 1 aliphatic rings. The predicted octanol–water partition coefficient (Wildman–Crippen LogP) is 2.11. The normalized spacial score (nSPS) is 26.9. The van der Waals surface area contributed by atoms with Crippen LogP contribution in [0.5, 0.6) is 0 Å². The van der Waals surface area contributed by atoms with Gasteiger partial charge in [0.15, 0.2) is 0 Å². The maximum Gasteiger partial charge on any atom is 0.0574 e. The number of hydrogen-bond donors (Lipinski definition) is 2. The fourth-order valence-corrected chi connectivity index (χ4v) is 2.61. The molecule has 1 aliphatic heterocycles. The standard InChI is InChI=1S/C16H28N4/c1-13-15-7-4-8-16(19-15)14(2)18-10-6-12-20(3)11-5-9-17-13/h4,7-8,13-14,17-18H,5-6,9-12H2,1-3H3/t13-,14+. The average molecular weight is 276 g/mol. The Kier molecular flexibility index (Phi) is 5.95. The van der Waals surface area contributed by atoms with Crippen LogP contribution >= 0.6 is 0 Å². The molecule has 0 spiro atoms. The Balaban J connectivity index is 2.08. The average Bonchev–Trinajstić information content (AvgIpc) is 2.47. The smallest absolute Gasteiger partial charge is 0.0574 e. The van der Waals surface area contributed by atoms with Crippen LogP contribution in [0.3, 0.4) is 0 Å². The van der Waals surface area contributed by atoms with Crippen LogP contribution in [0.4, 0.5) is 0 Å². The number of hydrogen-bond acceptors (Lipinski definition) is 4. The van der Waals surface area contributed by atoms with Crippen molar-refractivity contribution in [1.29, 1.82) is 0 Å². The molecule has 112 valence electrons. The van der Waals surface area contributed by atoms with Gasteiger partial charge in [0, 0.05) is 12.1 Å². The number of fused-ring (bicyclic) bond motifs is 2. The third-order valence-electron chi connectivity index (χ3n) is 4.01. The lowest BCUT2D eigenvalue weighted by Gasteiger charge is -2.21. The summed E-state index contributed by atoms with van der Waals surface area (Å²) in [7, 11) is 2.21. The molecule has 0 unspecified atom stereocenters. The highest BCUT2D eigenvalue weighted by Gasteiger charge is 2.11. The summed E-state index contributed by atoms with van der Waals surface area (Å²) < 4.78 is 0. The minimum atomic E-state index is 0.315. The molecule has 0 saturated heterocycles. The van der Waals surface area contributed by atoms with E-state index in [1.165, 1.54) is 12.8 Å². The Bertz CT molecular complexity index is 374. The maximum atomic E-state index is 4.80. The van der Waals surface area contributed by atoms with Crippen molar-refractivity contribution in [3.63, 3.8) is 0 Å². The van der Waals surface area contributed by atoms with Crippen molar-refractivity contribution in [3.05, 3.63) is 29.6 Å². The Morgan fingerprint density at radius 1 is 1.00 bits per heavy atom. The van der Waals surface area contributed by atoms with E-state index in [1.807, 2.05) is 0 Å². The molecule has 0 radical (unpaired) electrons. The van der Waals surface area contributed by atoms with Crippen molar-refractivity contribution >= 4 is 0 Å². The highest BCUT2D eigenvalue weighted by molar-refractivity contribution is 5.16. The molecular formula is C16H28N4. The Morgan fingerprint density at radius 2 is 1.50 bits per heavy atom. The largest absolute Gasteiger partial charge is 0.309 e. The van der Waals surface area contributed by atoms with E-state index in [0.717, 1.165) is 37.6 Å².